The molecule has 0 bridgehead atoms. The summed E-state index contributed by atoms with van der Waals surface area (Å²) in [6.45, 7) is 3.69. The smallest absolute Gasteiger partial charge is 0.130 e. The van der Waals surface area contributed by atoms with Gasteiger partial charge in [-0.05, 0) is 43.5 Å². The van der Waals surface area contributed by atoms with Crippen molar-refractivity contribution in [3.63, 3.8) is 0 Å². The van der Waals surface area contributed by atoms with Gasteiger partial charge in [-0.25, -0.2) is 0 Å². The summed E-state index contributed by atoms with van der Waals surface area (Å²) in [5, 5.41) is 9.38. The zero-order chi connectivity index (χ0) is 15.9. The number of aromatic nitrogens is 1. The lowest BCUT2D eigenvalue weighted by atomic mass is 9.98. The normalized spacial score (nSPS) is 18.7. The SMILES string of the molecule is OCC1CCCN(Cc2ccccc2OCc2ccccn2)C1. The minimum Gasteiger partial charge on any atom is -0.487 e. The molecular formula is C19H24N2O2. The average Bonchev–Trinajstić information content (AvgIpc) is 2.62. The molecule has 4 nitrogen and oxygen atoms in total. The molecule has 1 unspecified atom stereocenters. The van der Waals surface area contributed by atoms with Gasteiger partial charge < -0.3 is 9.84 Å². The highest BCUT2D eigenvalue weighted by atomic mass is 16.5. The fourth-order valence-electron chi connectivity index (χ4n) is 3.10. The molecule has 0 spiro atoms. The van der Waals surface area contributed by atoms with Crippen molar-refractivity contribution in [3.8, 4) is 5.75 Å². The third-order valence-corrected chi connectivity index (χ3v) is 4.33. The standard InChI is InChI=1S/C19H24N2O2/c22-14-16-6-5-11-21(12-16)13-17-7-1-2-9-19(17)23-15-18-8-3-4-10-20-18/h1-4,7-10,16,22H,5-6,11-15H2. The minimum atomic E-state index is 0.286. The van der Waals surface area contributed by atoms with Crippen LogP contribution in [0.25, 0.3) is 0 Å². The lowest BCUT2D eigenvalue weighted by Gasteiger charge is -2.32. The van der Waals surface area contributed by atoms with Crippen molar-refractivity contribution in [2.75, 3.05) is 19.7 Å². The number of hydrogen-bond acceptors (Lipinski definition) is 4. The highest BCUT2D eigenvalue weighted by molar-refractivity contribution is 5.33. The lowest BCUT2D eigenvalue weighted by molar-refractivity contribution is 0.115. The van der Waals surface area contributed by atoms with Gasteiger partial charge in [0.15, 0.2) is 0 Å². The molecule has 2 heterocycles. The second-order valence-corrected chi connectivity index (χ2v) is 6.14. The molecule has 1 N–H and O–H groups in total. The van der Waals surface area contributed by atoms with Crippen molar-refractivity contribution in [2.45, 2.75) is 26.0 Å². The number of piperidine rings is 1. The van der Waals surface area contributed by atoms with Crippen LogP contribution in [-0.4, -0.2) is 34.7 Å². The van der Waals surface area contributed by atoms with Gasteiger partial charge in [-0.1, -0.05) is 24.3 Å². The fraction of sp³-hybridized carbons (Fsp3) is 0.421. The first kappa shape index (κ1) is 16.0. The van der Waals surface area contributed by atoms with Crippen molar-refractivity contribution in [1.82, 2.24) is 9.88 Å². The molecule has 0 aliphatic carbocycles. The number of benzene rings is 1. The van der Waals surface area contributed by atoms with Crippen molar-refractivity contribution in [3.05, 3.63) is 59.9 Å². The molecule has 4 heteroatoms. The summed E-state index contributed by atoms with van der Waals surface area (Å²) in [5.74, 6) is 1.33. The van der Waals surface area contributed by atoms with E-state index in [9.17, 15) is 5.11 Å². The Bertz CT molecular complexity index is 603. The van der Waals surface area contributed by atoms with E-state index < -0.39 is 0 Å². The molecule has 122 valence electrons. The van der Waals surface area contributed by atoms with E-state index in [-0.39, 0.29) is 6.61 Å². The van der Waals surface area contributed by atoms with E-state index >= 15 is 0 Å². The van der Waals surface area contributed by atoms with Gasteiger partial charge in [0.25, 0.3) is 0 Å². The predicted octanol–water partition coefficient (Wildman–Crippen LogP) is 2.86. The molecule has 1 fully saturated rings. The number of pyridine rings is 1. The first-order valence-corrected chi connectivity index (χ1v) is 8.29. The van der Waals surface area contributed by atoms with Crippen LogP contribution < -0.4 is 4.74 Å². The van der Waals surface area contributed by atoms with Gasteiger partial charge in [-0.2, -0.15) is 0 Å². The molecule has 0 radical (unpaired) electrons. The van der Waals surface area contributed by atoms with Crippen molar-refractivity contribution in [1.29, 1.82) is 0 Å². The molecule has 1 aliphatic rings. The first-order valence-electron chi connectivity index (χ1n) is 8.29. The van der Waals surface area contributed by atoms with Crippen LogP contribution in [0.2, 0.25) is 0 Å². The molecule has 23 heavy (non-hydrogen) atoms. The Labute approximate surface area is 137 Å². The second kappa shape index (κ2) is 8.09. The monoisotopic (exact) mass is 312 g/mol. The number of nitrogens with zero attached hydrogens (tertiary/aromatic N) is 2. The van der Waals surface area contributed by atoms with Crippen LogP contribution in [0.3, 0.4) is 0 Å². The summed E-state index contributed by atoms with van der Waals surface area (Å²) in [6, 6.07) is 14.0. The van der Waals surface area contributed by atoms with Crippen LogP contribution in [-0.2, 0) is 13.2 Å². The van der Waals surface area contributed by atoms with Gasteiger partial charge >= 0.3 is 0 Å². The second-order valence-electron chi connectivity index (χ2n) is 6.14. The maximum atomic E-state index is 9.38. The summed E-state index contributed by atoms with van der Waals surface area (Å²) < 4.78 is 5.98. The molecule has 1 aromatic carbocycles. The van der Waals surface area contributed by atoms with E-state index in [0.717, 1.165) is 43.9 Å². The zero-order valence-corrected chi connectivity index (χ0v) is 13.4. The third-order valence-electron chi connectivity index (χ3n) is 4.33. The predicted molar refractivity (Wildman–Crippen MR) is 90.1 cm³/mol. The molecule has 2 aromatic rings. The Hall–Kier alpha value is -1.91. The maximum absolute atomic E-state index is 9.38. The largest absolute Gasteiger partial charge is 0.487 e. The number of ether oxygens (including phenoxy) is 1. The lowest BCUT2D eigenvalue weighted by Crippen LogP contribution is -2.36. The number of rotatable bonds is 6. The molecule has 1 aromatic heterocycles. The van der Waals surface area contributed by atoms with E-state index in [1.165, 1.54) is 5.56 Å². The van der Waals surface area contributed by atoms with Crippen molar-refractivity contribution in [2.24, 2.45) is 5.92 Å². The van der Waals surface area contributed by atoms with Crippen LogP contribution in [0.1, 0.15) is 24.1 Å². The summed E-state index contributed by atoms with van der Waals surface area (Å²) in [7, 11) is 0. The van der Waals surface area contributed by atoms with Gasteiger partial charge in [-0.15, -0.1) is 0 Å². The van der Waals surface area contributed by atoms with Gasteiger partial charge in [0.05, 0.1) is 5.69 Å². The van der Waals surface area contributed by atoms with E-state index in [0.29, 0.717) is 12.5 Å². The van der Waals surface area contributed by atoms with Gasteiger partial charge in [0.1, 0.15) is 12.4 Å². The number of hydrogen-bond donors (Lipinski definition) is 1. The maximum Gasteiger partial charge on any atom is 0.130 e. The Morgan fingerprint density at radius 1 is 1.17 bits per heavy atom. The zero-order valence-electron chi connectivity index (χ0n) is 13.4. The highest BCUT2D eigenvalue weighted by Gasteiger charge is 2.20. The van der Waals surface area contributed by atoms with Gasteiger partial charge in [-0.3, -0.25) is 9.88 Å². The summed E-state index contributed by atoms with van der Waals surface area (Å²) in [5.41, 5.74) is 2.13. The van der Waals surface area contributed by atoms with Crippen molar-refractivity contribution >= 4 is 0 Å². The Balaban J connectivity index is 1.63. The average molecular weight is 312 g/mol. The van der Waals surface area contributed by atoms with E-state index in [1.807, 2.05) is 30.3 Å². The quantitative estimate of drug-likeness (QED) is 0.891. The number of para-hydroxylation sites is 1. The van der Waals surface area contributed by atoms with E-state index in [1.54, 1.807) is 6.20 Å². The molecule has 1 atom stereocenters. The Morgan fingerprint density at radius 2 is 2.04 bits per heavy atom. The molecular weight excluding hydrogens is 288 g/mol. The Kier molecular flexibility index (Phi) is 5.61. The summed E-state index contributed by atoms with van der Waals surface area (Å²) in [4.78, 5) is 6.71. The molecule has 1 saturated heterocycles. The fourth-order valence-corrected chi connectivity index (χ4v) is 3.10. The third kappa shape index (κ3) is 4.53. The number of aliphatic hydroxyl groups is 1. The highest BCUT2D eigenvalue weighted by Crippen LogP contribution is 2.24. The first-order chi connectivity index (χ1) is 11.3. The van der Waals surface area contributed by atoms with Gasteiger partial charge in [0.2, 0.25) is 0 Å². The number of aliphatic hydroxyl groups excluding tert-OH is 1. The molecule has 0 amide bonds. The Morgan fingerprint density at radius 3 is 2.87 bits per heavy atom. The summed E-state index contributed by atoms with van der Waals surface area (Å²) >= 11 is 0. The van der Waals surface area contributed by atoms with Crippen LogP contribution >= 0.6 is 0 Å². The van der Waals surface area contributed by atoms with E-state index in [4.69, 9.17) is 4.74 Å². The molecule has 3 rings (SSSR count). The van der Waals surface area contributed by atoms with Crippen LogP contribution in [0, 0.1) is 5.92 Å². The van der Waals surface area contributed by atoms with Crippen molar-refractivity contribution < 1.29 is 9.84 Å². The number of likely N-dealkylation sites (tertiary alicyclic amines) is 1. The molecule has 0 saturated carbocycles. The van der Waals surface area contributed by atoms with Gasteiger partial charge in [0, 0.05) is 31.5 Å². The van der Waals surface area contributed by atoms with Crippen LogP contribution in [0.15, 0.2) is 48.7 Å². The minimum absolute atomic E-state index is 0.286. The van der Waals surface area contributed by atoms with Crippen LogP contribution in [0.5, 0.6) is 5.75 Å². The molecule has 1 aliphatic heterocycles. The van der Waals surface area contributed by atoms with E-state index in [2.05, 4.69) is 22.0 Å². The summed E-state index contributed by atoms with van der Waals surface area (Å²) in [6.07, 6.45) is 4.07. The van der Waals surface area contributed by atoms with Crippen LogP contribution in [0.4, 0.5) is 0 Å². The topological polar surface area (TPSA) is 45.6 Å².